The van der Waals surface area contributed by atoms with Gasteiger partial charge in [-0.2, -0.15) is 0 Å². The summed E-state index contributed by atoms with van der Waals surface area (Å²) in [7, 11) is 2.76. The number of carbonyl (C=O) groups is 1. The molecule has 0 aliphatic heterocycles. The predicted molar refractivity (Wildman–Crippen MR) is 45.5 cm³/mol. The van der Waals surface area contributed by atoms with E-state index in [1.807, 2.05) is 0 Å². The maximum Gasteiger partial charge on any atom is 0.253 e. The molecule has 13 heavy (non-hydrogen) atoms. The van der Waals surface area contributed by atoms with Crippen molar-refractivity contribution in [1.82, 2.24) is 10.2 Å². The molecule has 1 aromatic rings. The summed E-state index contributed by atoms with van der Waals surface area (Å²) in [5.41, 5.74) is 0.135. The molecule has 6 heteroatoms. The molecule has 0 aliphatic carbocycles. The molecule has 0 saturated carbocycles. The molecular formula is C7H7ClN2O3. The highest BCUT2D eigenvalue weighted by molar-refractivity contribution is 6.34. The summed E-state index contributed by atoms with van der Waals surface area (Å²) < 4.78 is 9.54. The molecular weight excluding hydrogens is 196 g/mol. The van der Waals surface area contributed by atoms with Crippen molar-refractivity contribution in [3.05, 3.63) is 10.6 Å². The summed E-state index contributed by atoms with van der Waals surface area (Å²) in [6.45, 7) is 0. The Morgan fingerprint density at radius 2 is 1.77 bits per heavy atom. The Morgan fingerprint density at radius 3 is 2.23 bits per heavy atom. The molecule has 5 nitrogen and oxygen atoms in total. The van der Waals surface area contributed by atoms with Crippen LogP contribution >= 0.6 is 11.6 Å². The average molecular weight is 203 g/mol. The SMILES string of the molecule is COc1nnc(OC)c(C=O)c1Cl. The predicted octanol–water partition coefficient (Wildman–Crippen LogP) is 0.960. The van der Waals surface area contributed by atoms with Crippen LogP contribution in [0.4, 0.5) is 0 Å². The van der Waals surface area contributed by atoms with E-state index >= 15 is 0 Å². The lowest BCUT2D eigenvalue weighted by Gasteiger charge is -2.05. The Balaban J connectivity index is 3.31. The third kappa shape index (κ3) is 1.70. The summed E-state index contributed by atoms with van der Waals surface area (Å²) in [6.07, 6.45) is 0.540. The van der Waals surface area contributed by atoms with E-state index < -0.39 is 0 Å². The first-order valence-electron chi connectivity index (χ1n) is 3.34. The van der Waals surface area contributed by atoms with Crippen molar-refractivity contribution in [2.24, 2.45) is 0 Å². The van der Waals surface area contributed by atoms with Gasteiger partial charge in [-0.1, -0.05) is 11.6 Å². The summed E-state index contributed by atoms with van der Waals surface area (Å²) >= 11 is 5.75. The monoisotopic (exact) mass is 202 g/mol. The third-order valence-electron chi connectivity index (χ3n) is 1.39. The molecule has 0 aromatic carbocycles. The summed E-state index contributed by atoms with van der Waals surface area (Å²) in [5, 5.41) is 7.28. The Morgan fingerprint density at radius 1 is 1.23 bits per heavy atom. The minimum absolute atomic E-state index is 0.0841. The van der Waals surface area contributed by atoms with Crippen molar-refractivity contribution in [1.29, 1.82) is 0 Å². The highest BCUT2D eigenvalue weighted by Crippen LogP contribution is 2.28. The van der Waals surface area contributed by atoms with E-state index in [0.29, 0.717) is 6.29 Å². The number of nitrogens with zero attached hydrogens (tertiary/aromatic N) is 2. The molecule has 0 aliphatic rings. The second-order valence-corrected chi connectivity index (χ2v) is 2.44. The maximum absolute atomic E-state index is 10.6. The van der Waals surface area contributed by atoms with Gasteiger partial charge in [0, 0.05) is 0 Å². The van der Waals surface area contributed by atoms with Crippen LogP contribution in [-0.4, -0.2) is 30.7 Å². The van der Waals surface area contributed by atoms with Gasteiger partial charge in [-0.05, 0) is 0 Å². The van der Waals surface area contributed by atoms with Gasteiger partial charge in [0.25, 0.3) is 5.88 Å². The van der Waals surface area contributed by atoms with Crippen LogP contribution in [0, 0.1) is 0 Å². The first kappa shape index (κ1) is 9.73. The molecule has 70 valence electrons. The second-order valence-electron chi connectivity index (χ2n) is 2.06. The Labute approximate surface area is 79.6 Å². The highest BCUT2D eigenvalue weighted by Gasteiger charge is 2.14. The van der Waals surface area contributed by atoms with Crippen LogP contribution in [-0.2, 0) is 0 Å². The molecule has 0 atom stereocenters. The number of halogens is 1. The fourth-order valence-electron chi connectivity index (χ4n) is 0.781. The van der Waals surface area contributed by atoms with Crippen molar-refractivity contribution in [2.75, 3.05) is 14.2 Å². The zero-order chi connectivity index (χ0) is 9.84. The molecule has 0 spiro atoms. The zero-order valence-electron chi connectivity index (χ0n) is 7.07. The largest absolute Gasteiger partial charge is 0.479 e. The van der Waals surface area contributed by atoms with Crippen molar-refractivity contribution >= 4 is 17.9 Å². The molecule has 0 unspecified atom stereocenters. The van der Waals surface area contributed by atoms with E-state index in [2.05, 4.69) is 10.2 Å². The Kier molecular flexibility index (Phi) is 3.02. The number of hydrogen-bond donors (Lipinski definition) is 0. The summed E-state index contributed by atoms with van der Waals surface area (Å²) in [5.74, 6) is 0.186. The van der Waals surface area contributed by atoms with Crippen LogP contribution in [0.1, 0.15) is 10.4 Å². The zero-order valence-corrected chi connectivity index (χ0v) is 7.83. The Hall–Kier alpha value is -1.36. The topological polar surface area (TPSA) is 61.3 Å². The fourth-order valence-corrected chi connectivity index (χ4v) is 1.02. The van der Waals surface area contributed by atoms with E-state index in [0.717, 1.165) is 0 Å². The van der Waals surface area contributed by atoms with Crippen LogP contribution in [0.3, 0.4) is 0 Å². The lowest BCUT2D eigenvalue weighted by molar-refractivity contribution is 0.111. The van der Waals surface area contributed by atoms with E-state index in [-0.39, 0.29) is 22.3 Å². The molecule has 0 N–H and O–H groups in total. The number of aromatic nitrogens is 2. The molecule has 1 aromatic heterocycles. The third-order valence-corrected chi connectivity index (χ3v) is 1.76. The van der Waals surface area contributed by atoms with Crippen LogP contribution < -0.4 is 9.47 Å². The van der Waals surface area contributed by atoms with Gasteiger partial charge in [0.2, 0.25) is 5.88 Å². The molecule has 0 saturated heterocycles. The van der Waals surface area contributed by atoms with E-state index in [4.69, 9.17) is 21.1 Å². The fraction of sp³-hybridized carbons (Fsp3) is 0.286. The van der Waals surface area contributed by atoms with E-state index in [1.165, 1.54) is 14.2 Å². The lowest BCUT2D eigenvalue weighted by Crippen LogP contribution is -2.00. The van der Waals surface area contributed by atoms with Gasteiger partial charge in [-0.25, -0.2) is 0 Å². The lowest BCUT2D eigenvalue weighted by atomic mass is 10.3. The molecule has 0 fully saturated rings. The molecule has 1 heterocycles. The smallest absolute Gasteiger partial charge is 0.253 e. The van der Waals surface area contributed by atoms with Crippen molar-refractivity contribution in [2.45, 2.75) is 0 Å². The van der Waals surface area contributed by atoms with Crippen LogP contribution in [0.5, 0.6) is 11.8 Å². The van der Waals surface area contributed by atoms with Crippen LogP contribution in [0.15, 0.2) is 0 Å². The van der Waals surface area contributed by atoms with Gasteiger partial charge in [-0.3, -0.25) is 4.79 Å². The van der Waals surface area contributed by atoms with Crippen LogP contribution in [0.25, 0.3) is 0 Å². The first-order chi connectivity index (χ1) is 6.24. The van der Waals surface area contributed by atoms with E-state index in [9.17, 15) is 4.79 Å². The normalized spacial score (nSPS) is 9.46. The number of ether oxygens (including phenoxy) is 2. The molecule has 0 bridgehead atoms. The quantitative estimate of drug-likeness (QED) is 0.684. The number of methoxy groups -OCH3 is 2. The van der Waals surface area contributed by atoms with Gasteiger partial charge in [0.15, 0.2) is 6.29 Å². The molecule has 1 rings (SSSR count). The number of rotatable bonds is 3. The number of hydrogen-bond acceptors (Lipinski definition) is 5. The van der Waals surface area contributed by atoms with Gasteiger partial charge < -0.3 is 9.47 Å². The number of aldehydes is 1. The second kappa shape index (κ2) is 4.04. The average Bonchev–Trinajstić information content (AvgIpc) is 2.17. The molecule has 0 radical (unpaired) electrons. The number of carbonyl (C=O) groups excluding carboxylic acids is 1. The van der Waals surface area contributed by atoms with Crippen molar-refractivity contribution < 1.29 is 14.3 Å². The van der Waals surface area contributed by atoms with Crippen LogP contribution in [0.2, 0.25) is 5.02 Å². The summed E-state index contributed by atoms with van der Waals surface area (Å²) in [6, 6.07) is 0. The van der Waals surface area contributed by atoms with Crippen molar-refractivity contribution in [3.8, 4) is 11.8 Å². The minimum atomic E-state index is 0.0841. The standard InChI is InChI=1S/C7H7ClN2O3/c1-12-6-4(3-11)5(8)7(13-2)10-9-6/h3H,1-2H3. The molecule has 0 amide bonds. The highest BCUT2D eigenvalue weighted by atomic mass is 35.5. The van der Waals surface area contributed by atoms with Crippen molar-refractivity contribution in [3.63, 3.8) is 0 Å². The maximum atomic E-state index is 10.6. The van der Waals surface area contributed by atoms with Gasteiger partial charge in [0.1, 0.15) is 10.6 Å². The van der Waals surface area contributed by atoms with E-state index in [1.54, 1.807) is 0 Å². The minimum Gasteiger partial charge on any atom is -0.479 e. The Bertz CT molecular complexity index is 330. The van der Waals surface area contributed by atoms with Gasteiger partial charge in [-0.15, -0.1) is 10.2 Å². The van der Waals surface area contributed by atoms with Gasteiger partial charge >= 0.3 is 0 Å². The summed E-state index contributed by atoms with van der Waals surface area (Å²) in [4.78, 5) is 10.6. The van der Waals surface area contributed by atoms with Gasteiger partial charge in [0.05, 0.1) is 14.2 Å². The first-order valence-corrected chi connectivity index (χ1v) is 3.71.